The molecule has 0 aliphatic rings. The van der Waals surface area contributed by atoms with Crippen LogP contribution in [0.3, 0.4) is 0 Å². The normalized spacial score (nSPS) is 10.9. The molecule has 0 saturated heterocycles. The molecule has 1 aromatic rings. The van der Waals surface area contributed by atoms with Crippen molar-refractivity contribution in [2.24, 2.45) is 0 Å². The van der Waals surface area contributed by atoms with Crippen LogP contribution in [0.5, 0.6) is 0 Å². The Hall–Kier alpha value is 0.410. The zero-order valence-corrected chi connectivity index (χ0v) is 12.0. The van der Waals surface area contributed by atoms with Crippen LogP contribution in [0.2, 0.25) is 0 Å². The van der Waals surface area contributed by atoms with Crippen LogP contribution in [0.25, 0.3) is 0 Å². The Labute approximate surface area is 116 Å². The first kappa shape index (κ1) is 15.4. The molecule has 1 N–H and O–H groups in total. The maximum Gasteiger partial charge on any atom is 1.00 e. The number of rotatable bonds is 3. The van der Waals surface area contributed by atoms with E-state index in [0.717, 1.165) is 17.8 Å². The van der Waals surface area contributed by atoms with Crippen molar-refractivity contribution in [3.05, 3.63) is 24.0 Å². The third-order valence-electron chi connectivity index (χ3n) is 1.49. The maximum atomic E-state index is 13.1. The number of thioether (sulfide) groups is 1. The van der Waals surface area contributed by atoms with Crippen molar-refractivity contribution in [3.8, 4) is 0 Å². The van der Waals surface area contributed by atoms with Gasteiger partial charge in [-0.2, -0.15) is 8.42 Å². The van der Waals surface area contributed by atoms with E-state index in [2.05, 4.69) is 0 Å². The van der Waals surface area contributed by atoms with Gasteiger partial charge in [-0.25, -0.2) is 4.39 Å². The Morgan fingerprint density at radius 3 is 2.60 bits per heavy atom. The Morgan fingerprint density at radius 1 is 1.53 bits per heavy atom. The molecule has 1 rings (SSSR count). The van der Waals surface area contributed by atoms with E-state index in [1.165, 1.54) is 12.1 Å². The molecule has 0 aromatic heterocycles. The minimum atomic E-state index is -4.48. The first-order valence-electron chi connectivity index (χ1n) is 3.85. The van der Waals surface area contributed by atoms with Crippen LogP contribution in [0.1, 0.15) is 8.35 Å². The Kier molecular flexibility index (Phi) is 6.39. The van der Waals surface area contributed by atoms with E-state index in [1.807, 2.05) is 6.92 Å². The van der Waals surface area contributed by atoms with Gasteiger partial charge < -0.3 is 1.43 Å². The third-order valence-corrected chi connectivity index (χ3v) is 3.49. The fraction of sp³-hybridized carbons (Fsp3) is 0.250. The quantitative estimate of drug-likeness (QED) is 0.444. The van der Waals surface area contributed by atoms with Crippen molar-refractivity contribution in [2.75, 3.05) is 5.75 Å². The van der Waals surface area contributed by atoms with E-state index < -0.39 is 20.8 Å². The molecule has 0 fully saturated rings. The zero-order valence-electron chi connectivity index (χ0n) is 9.40. The van der Waals surface area contributed by atoms with E-state index >= 15 is 0 Å². The van der Waals surface area contributed by atoms with Crippen LogP contribution in [-0.2, 0) is 10.1 Å². The molecule has 0 unspecified atom stereocenters. The molecule has 0 radical (unpaired) electrons. The van der Waals surface area contributed by atoms with Crippen LogP contribution < -0.4 is 29.6 Å². The summed E-state index contributed by atoms with van der Waals surface area (Å²) in [6.45, 7) is 1.81. The van der Waals surface area contributed by atoms with Gasteiger partial charge in [-0.3, -0.25) is 4.55 Å². The summed E-state index contributed by atoms with van der Waals surface area (Å²) in [5, 5.41) is 0. The second-order valence-corrected chi connectivity index (χ2v) is 5.14. The van der Waals surface area contributed by atoms with Gasteiger partial charge in [0, 0.05) is 4.90 Å². The molecular formula is C8H10FNaO3S2. The maximum absolute atomic E-state index is 13.1. The predicted octanol–water partition coefficient (Wildman–Crippen LogP) is -0.699. The molecule has 0 saturated carbocycles. The average Bonchev–Trinajstić information content (AvgIpc) is 2.02. The summed E-state index contributed by atoms with van der Waals surface area (Å²) in [4.78, 5) is -0.401. The topological polar surface area (TPSA) is 54.4 Å². The van der Waals surface area contributed by atoms with Crippen molar-refractivity contribution in [1.29, 1.82) is 0 Å². The first-order chi connectivity index (χ1) is 6.46. The molecule has 0 amide bonds. The number of benzene rings is 1. The van der Waals surface area contributed by atoms with Gasteiger partial charge in [0.15, 0.2) is 0 Å². The van der Waals surface area contributed by atoms with Crippen molar-refractivity contribution in [3.63, 3.8) is 0 Å². The van der Waals surface area contributed by atoms with Gasteiger partial charge in [-0.1, -0.05) is 13.0 Å². The molecule has 0 heterocycles. The third kappa shape index (κ3) is 4.05. The van der Waals surface area contributed by atoms with Gasteiger partial charge in [-0.05, 0) is 17.9 Å². The van der Waals surface area contributed by atoms with Gasteiger partial charge in [0.1, 0.15) is 10.7 Å². The summed E-state index contributed by atoms with van der Waals surface area (Å²) in [6.07, 6.45) is 0. The first-order valence-corrected chi connectivity index (χ1v) is 6.28. The standard InChI is InChI=1S/C8H9FO3S2.Na.H/c1-2-13-7-5-3-4-6(9)8(7)14(10,11)12;;/h3-5H,2H2,1H3,(H,10,11,12);;/q;+1;-1. The van der Waals surface area contributed by atoms with Crippen molar-refractivity contribution in [2.45, 2.75) is 16.7 Å². The molecule has 0 bridgehead atoms. The second kappa shape index (κ2) is 6.22. The van der Waals surface area contributed by atoms with Crippen molar-refractivity contribution < 1.29 is 48.3 Å². The van der Waals surface area contributed by atoms with Crippen LogP contribution >= 0.6 is 11.8 Å². The Morgan fingerprint density at radius 2 is 2.13 bits per heavy atom. The number of hydrogen-bond donors (Lipinski definition) is 1. The smallest absolute Gasteiger partial charge is 1.00 e. The van der Waals surface area contributed by atoms with Crippen LogP contribution in [0.4, 0.5) is 4.39 Å². The molecule has 15 heavy (non-hydrogen) atoms. The van der Waals surface area contributed by atoms with Gasteiger partial charge in [-0.15, -0.1) is 11.8 Å². The minimum Gasteiger partial charge on any atom is -1.00 e. The van der Waals surface area contributed by atoms with E-state index in [9.17, 15) is 12.8 Å². The van der Waals surface area contributed by atoms with E-state index in [-0.39, 0.29) is 35.9 Å². The molecule has 80 valence electrons. The van der Waals surface area contributed by atoms with Gasteiger partial charge in [0.2, 0.25) is 0 Å². The summed E-state index contributed by atoms with van der Waals surface area (Å²) < 4.78 is 43.6. The number of halogens is 1. The fourth-order valence-electron chi connectivity index (χ4n) is 1.01. The average molecular weight is 260 g/mol. The van der Waals surface area contributed by atoms with E-state index in [1.54, 1.807) is 0 Å². The second-order valence-electron chi connectivity index (χ2n) is 2.48. The van der Waals surface area contributed by atoms with E-state index in [4.69, 9.17) is 4.55 Å². The molecule has 0 aliphatic heterocycles. The summed E-state index contributed by atoms with van der Waals surface area (Å²) >= 11 is 1.16. The Bertz CT molecular complexity index is 439. The largest absolute Gasteiger partial charge is 1.00 e. The van der Waals surface area contributed by atoms with Gasteiger partial charge >= 0.3 is 29.6 Å². The van der Waals surface area contributed by atoms with Crippen molar-refractivity contribution in [1.82, 2.24) is 0 Å². The summed E-state index contributed by atoms with van der Waals surface area (Å²) in [6, 6.07) is 3.87. The zero-order chi connectivity index (χ0) is 10.8. The van der Waals surface area contributed by atoms with E-state index in [0.29, 0.717) is 5.75 Å². The molecule has 0 spiro atoms. The van der Waals surface area contributed by atoms with Crippen LogP contribution in [0, 0.1) is 5.82 Å². The summed E-state index contributed by atoms with van der Waals surface area (Å²) in [5.41, 5.74) is 0. The summed E-state index contributed by atoms with van der Waals surface area (Å²) in [7, 11) is -4.48. The molecule has 0 atom stereocenters. The summed E-state index contributed by atoms with van der Waals surface area (Å²) in [5.74, 6) is -0.322. The van der Waals surface area contributed by atoms with Crippen LogP contribution in [-0.4, -0.2) is 18.7 Å². The molecular weight excluding hydrogens is 250 g/mol. The SMILES string of the molecule is CCSc1cccc(F)c1S(=O)(=O)O.[H-].[Na+]. The molecule has 0 aliphatic carbocycles. The van der Waals surface area contributed by atoms with Gasteiger partial charge in [0.25, 0.3) is 10.1 Å². The van der Waals surface area contributed by atoms with Gasteiger partial charge in [0.05, 0.1) is 0 Å². The number of hydrogen-bond acceptors (Lipinski definition) is 3. The minimum absolute atomic E-state index is 0. The molecule has 3 nitrogen and oxygen atoms in total. The fourth-order valence-corrected chi connectivity index (χ4v) is 2.85. The van der Waals surface area contributed by atoms with Crippen molar-refractivity contribution >= 4 is 21.9 Å². The molecule has 1 aromatic carbocycles. The monoisotopic (exact) mass is 260 g/mol. The predicted molar refractivity (Wildman–Crippen MR) is 53.7 cm³/mol. The molecule has 7 heteroatoms. The Balaban J connectivity index is 0. The van der Waals surface area contributed by atoms with Crippen LogP contribution in [0.15, 0.2) is 28.0 Å².